The first-order chi connectivity index (χ1) is 18.1. The summed E-state index contributed by atoms with van der Waals surface area (Å²) in [6.45, 7) is 11.7. The second-order valence-electron chi connectivity index (χ2n) is 13.3. The molecule has 0 saturated heterocycles. The van der Waals surface area contributed by atoms with Crippen LogP contribution in [0.3, 0.4) is 0 Å². The van der Waals surface area contributed by atoms with Crippen LogP contribution in [0, 0.1) is 6.92 Å². The van der Waals surface area contributed by atoms with E-state index in [0.717, 1.165) is 27.6 Å². The molecule has 3 aromatic heterocycles. The second kappa shape index (κ2) is 8.15. The lowest BCUT2D eigenvalue weighted by Gasteiger charge is -2.42. The highest BCUT2D eigenvalue weighted by atomic mass is 16.3. The van der Waals surface area contributed by atoms with Gasteiger partial charge in [0.25, 0.3) is 0 Å². The van der Waals surface area contributed by atoms with E-state index in [1.165, 1.54) is 77.4 Å². The molecule has 1 saturated carbocycles. The smallest absolute Gasteiger partial charge is 0.227 e. The van der Waals surface area contributed by atoms with E-state index < -0.39 is 0 Å². The lowest BCUT2D eigenvalue weighted by atomic mass is 9.62. The summed E-state index contributed by atoms with van der Waals surface area (Å²) < 4.78 is 9.00. The van der Waals surface area contributed by atoms with Crippen LogP contribution in [0.4, 0.5) is 0 Å². The third kappa shape index (κ3) is 3.47. The van der Waals surface area contributed by atoms with Crippen LogP contribution in [0.25, 0.3) is 44.2 Å². The third-order valence-electron chi connectivity index (χ3n) is 9.83. The summed E-state index contributed by atoms with van der Waals surface area (Å²) in [7, 11) is 2.18. The Balaban J connectivity index is 1.46. The SMILES string of the molecule is Cc1ccc2c(oc3nc4c5c(ccc4cc32)C(C)(C)CCC5(C)C)c1-c1ccc(C2CCCC2)c[n+]1C. The van der Waals surface area contributed by atoms with E-state index in [2.05, 4.69) is 94.9 Å². The van der Waals surface area contributed by atoms with Gasteiger partial charge in [0.15, 0.2) is 11.8 Å². The monoisotopic (exact) mass is 503 g/mol. The average molecular weight is 504 g/mol. The average Bonchev–Trinajstić information content (AvgIpc) is 3.53. The van der Waals surface area contributed by atoms with Gasteiger partial charge in [0.1, 0.15) is 7.05 Å². The first kappa shape index (κ1) is 23.9. The molecule has 194 valence electrons. The lowest BCUT2D eigenvalue weighted by Crippen LogP contribution is -2.34. The molecule has 0 unspecified atom stereocenters. The van der Waals surface area contributed by atoms with Crippen molar-refractivity contribution in [2.24, 2.45) is 7.05 Å². The van der Waals surface area contributed by atoms with E-state index in [1.807, 2.05) is 0 Å². The minimum Gasteiger partial charge on any atom is -0.437 e. The van der Waals surface area contributed by atoms with Crippen molar-refractivity contribution in [2.45, 2.75) is 89.9 Å². The van der Waals surface area contributed by atoms with Crippen molar-refractivity contribution in [1.82, 2.24) is 4.98 Å². The molecule has 2 aromatic carbocycles. The molecule has 0 spiro atoms. The quantitative estimate of drug-likeness (QED) is 0.225. The summed E-state index contributed by atoms with van der Waals surface area (Å²) in [5, 5.41) is 3.46. The summed E-state index contributed by atoms with van der Waals surface area (Å²) in [4.78, 5) is 5.27. The maximum atomic E-state index is 6.70. The zero-order chi connectivity index (χ0) is 26.4. The number of hydrogen-bond acceptors (Lipinski definition) is 2. The van der Waals surface area contributed by atoms with Crippen LogP contribution in [0.2, 0.25) is 0 Å². The molecule has 0 aliphatic heterocycles. The Bertz CT molecular complexity index is 1750. The van der Waals surface area contributed by atoms with Gasteiger partial charge in [-0.2, -0.15) is 0 Å². The van der Waals surface area contributed by atoms with E-state index in [0.29, 0.717) is 5.92 Å². The largest absolute Gasteiger partial charge is 0.437 e. The van der Waals surface area contributed by atoms with Gasteiger partial charge in [-0.15, -0.1) is 0 Å². The number of benzene rings is 2. The molecule has 2 aliphatic rings. The molecule has 0 amide bonds. The van der Waals surface area contributed by atoms with Crippen molar-refractivity contribution in [1.29, 1.82) is 0 Å². The van der Waals surface area contributed by atoms with Crippen molar-refractivity contribution >= 4 is 33.0 Å². The summed E-state index contributed by atoms with van der Waals surface area (Å²) in [6.07, 6.45) is 10.0. The van der Waals surface area contributed by atoms with Gasteiger partial charge in [0.05, 0.1) is 11.1 Å². The summed E-state index contributed by atoms with van der Waals surface area (Å²) in [5.41, 5.74) is 11.0. The van der Waals surface area contributed by atoms with E-state index in [9.17, 15) is 0 Å². The number of rotatable bonds is 2. The van der Waals surface area contributed by atoms with Gasteiger partial charge in [-0.25, -0.2) is 9.55 Å². The van der Waals surface area contributed by atoms with Crippen LogP contribution < -0.4 is 4.57 Å². The van der Waals surface area contributed by atoms with Gasteiger partial charge in [0, 0.05) is 27.8 Å². The van der Waals surface area contributed by atoms with Crippen LogP contribution in [0.5, 0.6) is 0 Å². The summed E-state index contributed by atoms with van der Waals surface area (Å²) >= 11 is 0. The van der Waals surface area contributed by atoms with Crippen molar-refractivity contribution in [3.8, 4) is 11.3 Å². The first-order valence-corrected chi connectivity index (χ1v) is 14.4. The molecule has 3 nitrogen and oxygen atoms in total. The Hall–Kier alpha value is -3.20. The molecule has 38 heavy (non-hydrogen) atoms. The van der Waals surface area contributed by atoms with Crippen molar-refractivity contribution in [3.05, 3.63) is 70.9 Å². The summed E-state index contributed by atoms with van der Waals surface area (Å²) in [5.74, 6) is 0.704. The zero-order valence-corrected chi connectivity index (χ0v) is 23.7. The minimum absolute atomic E-state index is 0.0909. The molecule has 3 heterocycles. The Morgan fingerprint density at radius 1 is 0.895 bits per heavy atom. The van der Waals surface area contributed by atoms with Crippen LogP contribution >= 0.6 is 0 Å². The van der Waals surface area contributed by atoms with Gasteiger partial charge in [-0.3, -0.25) is 0 Å². The Kier molecular flexibility index (Phi) is 5.12. The van der Waals surface area contributed by atoms with E-state index in [4.69, 9.17) is 9.40 Å². The number of aryl methyl sites for hydroxylation is 2. The molecule has 0 atom stereocenters. The fourth-order valence-electron chi connectivity index (χ4n) is 7.43. The van der Waals surface area contributed by atoms with Gasteiger partial charge in [-0.1, -0.05) is 64.8 Å². The Morgan fingerprint density at radius 3 is 2.42 bits per heavy atom. The van der Waals surface area contributed by atoms with Crippen LogP contribution in [-0.4, -0.2) is 4.98 Å². The number of furan rings is 1. The number of hydrogen-bond donors (Lipinski definition) is 0. The molecular weight excluding hydrogens is 464 g/mol. The maximum absolute atomic E-state index is 6.70. The van der Waals surface area contributed by atoms with Crippen LogP contribution in [0.15, 0.2) is 53.1 Å². The van der Waals surface area contributed by atoms with E-state index in [-0.39, 0.29) is 10.8 Å². The molecule has 2 aliphatic carbocycles. The molecule has 5 aromatic rings. The standard InChI is InChI=1S/C35H39N2O/c1-21-11-14-25-26-19-23-12-15-27-30(35(4,5)18-17-34(27,2)3)31(23)36-33(26)38-32(25)29(21)28-16-13-24(20-37(28)6)22-9-7-8-10-22/h11-16,19-20,22H,7-10,17-18H2,1-6H3/q+1. The molecule has 0 radical (unpaired) electrons. The third-order valence-corrected chi connectivity index (χ3v) is 9.83. The predicted octanol–water partition coefficient (Wildman–Crippen LogP) is 8.94. The minimum atomic E-state index is 0.0909. The normalized spacial score (nSPS) is 19.0. The van der Waals surface area contributed by atoms with Crippen molar-refractivity contribution in [2.75, 3.05) is 0 Å². The molecular formula is C35H39N2O+. The highest BCUT2D eigenvalue weighted by molar-refractivity contribution is 6.11. The van der Waals surface area contributed by atoms with E-state index >= 15 is 0 Å². The van der Waals surface area contributed by atoms with Crippen molar-refractivity contribution in [3.63, 3.8) is 0 Å². The van der Waals surface area contributed by atoms with Gasteiger partial charge in [-0.05, 0) is 78.2 Å². The summed E-state index contributed by atoms with van der Waals surface area (Å²) in [6, 6.07) is 16.0. The van der Waals surface area contributed by atoms with E-state index in [1.54, 1.807) is 0 Å². The molecule has 0 N–H and O–H groups in total. The van der Waals surface area contributed by atoms with Gasteiger partial charge >= 0.3 is 0 Å². The zero-order valence-electron chi connectivity index (χ0n) is 23.7. The van der Waals surface area contributed by atoms with Crippen LogP contribution in [0.1, 0.15) is 94.4 Å². The van der Waals surface area contributed by atoms with Gasteiger partial charge < -0.3 is 4.42 Å². The second-order valence-corrected chi connectivity index (χ2v) is 13.3. The lowest BCUT2D eigenvalue weighted by molar-refractivity contribution is -0.660. The topological polar surface area (TPSA) is 29.9 Å². The van der Waals surface area contributed by atoms with Crippen LogP contribution in [-0.2, 0) is 17.9 Å². The maximum Gasteiger partial charge on any atom is 0.227 e. The highest BCUT2D eigenvalue weighted by Crippen LogP contribution is 2.49. The number of fused-ring (bicyclic) bond motifs is 6. The Morgan fingerprint density at radius 2 is 1.66 bits per heavy atom. The first-order valence-electron chi connectivity index (χ1n) is 14.4. The predicted molar refractivity (Wildman–Crippen MR) is 157 cm³/mol. The van der Waals surface area contributed by atoms with Gasteiger partial charge in [0.2, 0.25) is 11.4 Å². The number of pyridine rings is 2. The molecule has 0 bridgehead atoms. The fraction of sp³-hybridized carbons (Fsp3) is 0.429. The molecule has 1 fully saturated rings. The number of aromatic nitrogens is 2. The molecule has 3 heteroatoms. The fourth-order valence-corrected chi connectivity index (χ4v) is 7.43. The Labute approximate surface area is 225 Å². The highest BCUT2D eigenvalue weighted by Gasteiger charge is 2.39. The number of nitrogens with zero attached hydrogens (tertiary/aromatic N) is 2. The molecule has 7 rings (SSSR count). The van der Waals surface area contributed by atoms with Crippen molar-refractivity contribution < 1.29 is 8.98 Å².